The maximum absolute atomic E-state index is 13.3. The first-order valence-electron chi connectivity index (χ1n) is 12.6. The first kappa shape index (κ1) is 26.8. The summed E-state index contributed by atoms with van der Waals surface area (Å²) >= 11 is 0. The fourth-order valence-corrected chi connectivity index (χ4v) is 4.46. The maximum atomic E-state index is 13.3. The molecule has 1 amide bonds. The zero-order valence-corrected chi connectivity index (χ0v) is 22.8. The summed E-state index contributed by atoms with van der Waals surface area (Å²) in [4.78, 5) is 16.7. The van der Waals surface area contributed by atoms with E-state index in [1.807, 2.05) is 53.1 Å². The molecule has 3 aromatic rings. The van der Waals surface area contributed by atoms with E-state index in [4.69, 9.17) is 16.3 Å². The molecule has 198 valence electrons. The summed E-state index contributed by atoms with van der Waals surface area (Å²) in [6.45, 7) is 8.05. The molecular weight excluding hydrogens is 478 g/mol. The fraction of sp³-hybridized carbons (Fsp3) is 0.345. The summed E-state index contributed by atoms with van der Waals surface area (Å²) in [7, 11) is 3.46. The number of hydrazine groups is 1. The predicted molar refractivity (Wildman–Crippen MR) is 148 cm³/mol. The van der Waals surface area contributed by atoms with Crippen molar-refractivity contribution in [3.63, 3.8) is 0 Å². The molecular formula is C29H36N7O2+. The highest BCUT2D eigenvalue weighted by molar-refractivity contribution is 6.06. The van der Waals surface area contributed by atoms with Crippen LogP contribution in [-0.2, 0) is 12.5 Å². The van der Waals surface area contributed by atoms with Crippen LogP contribution in [-0.4, -0.2) is 18.0 Å². The number of aromatic nitrogens is 2. The molecule has 0 spiro atoms. The highest BCUT2D eigenvalue weighted by Gasteiger charge is 2.34. The van der Waals surface area contributed by atoms with E-state index in [1.165, 1.54) is 25.0 Å². The molecule has 1 aromatic heterocycles. The number of hydrogen-bond acceptors (Lipinski definition) is 6. The molecule has 1 aliphatic carbocycles. The number of amides is 1. The maximum Gasteiger partial charge on any atom is 0.257 e. The van der Waals surface area contributed by atoms with Crippen LogP contribution >= 0.6 is 0 Å². The molecule has 1 fully saturated rings. The third-order valence-corrected chi connectivity index (χ3v) is 6.89. The molecule has 0 saturated heterocycles. The van der Waals surface area contributed by atoms with Crippen molar-refractivity contribution in [1.29, 1.82) is 5.26 Å². The van der Waals surface area contributed by atoms with Gasteiger partial charge < -0.3 is 15.8 Å². The second-order valence-electron chi connectivity index (χ2n) is 10.8. The molecule has 4 rings (SSSR count). The zero-order chi connectivity index (χ0) is 27.8. The number of methoxy groups -OCH3 is 1. The van der Waals surface area contributed by atoms with Crippen molar-refractivity contribution in [3.8, 4) is 11.8 Å². The summed E-state index contributed by atoms with van der Waals surface area (Å²) in [6.07, 6.45) is 5.90. The van der Waals surface area contributed by atoms with E-state index in [1.54, 1.807) is 24.4 Å². The van der Waals surface area contributed by atoms with Crippen LogP contribution in [0.1, 0.15) is 78.1 Å². The van der Waals surface area contributed by atoms with Crippen LogP contribution < -0.4 is 31.2 Å². The van der Waals surface area contributed by atoms with E-state index in [9.17, 15) is 10.1 Å². The SMILES string of the molecule is COc1c(C#N)cc(C(C)(C)C)cc1NC(=O)c1ccc(C)c(N(N)/C=C(\N)c2c[nH]c(C3CC3)[n+]2C)c1. The van der Waals surface area contributed by atoms with E-state index in [2.05, 4.69) is 20.9 Å². The average Bonchev–Trinajstić information content (AvgIpc) is 3.63. The first-order valence-corrected chi connectivity index (χ1v) is 12.6. The van der Waals surface area contributed by atoms with Gasteiger partial charge in [0, 0.05) is 11.8 Å². The lowest BCUT2D eigenvalue weighted by Gasteiger charge is -2.22. The highest BCUT2D eigenvalue weighted by Crippen LogP contribution is 2.38. The number of anilines is 2. The third kappa shape index (κ3) is 5.36. The Morgan fingerprint density at radius 1 is 1.29 bits per heavy atom. The Morgan fingerprint density at radius 2 is 2.00 bits per heavy atom. The van der Waals surface area contributed by atoms with Gasteiger partial charge in [-0.05, 0) is 60.6 Å². The van der Waals surface area contributed by atoms with Crippen LogP contribution in [0.5, 0.6) is 5.75 Å². The van der Waals surface area contributed by atoms with Crippen LogP contribution in [0.2, 0.25) is 0 Å². The molecule has 0 atom stereocenters. The number of carbonyl (C=O) groups excluding carboxylic acids is 1. The number of aryl methyl sites for hydroxylation is 1. The monoisotopic (exact) mass is 514 g/mol. The van der Waals surface area contributed by atoms with Crippen molar-refractivity contribution >= 4 is 23.0 Å². The number of H-pyrrole nitrogens is 1. The molecule has 0 unspecified atom stereocenters. The zero-order valence-electron chi connectivity index (χ0n) is 22.8. The molecule has 1 saturated carbocycles. The topological polar surface area (TPSA) is 137 Å². The standard InChI is InChI=1S/C29H35N7O2/c1-17-7-8-19(28(37)34-23-13-21(29(2,3)4)11-20(14-30)26(23)38-6)12-24(17)36(32)16-22(31)25-15-33-27(35(25)5)18-9-10-18/h7-8,11-13,15-16,18H,9-10,31-32H2,1-6H3,(H,34,37)/p+1/b22-16-. The molecule has 9 heteroatoms. The van der Waals surface area contributed by atoms with E-state index < -0.39 is 0 Å². The number of nitrogens with two attached hydrogens (primary N) is 2. The molecule has 1 heterocycles. The van der Waals surface area contributed by atoms with Crippen molar-refractivity contribution in [2.75, 3.05) is 17.4 Å². The van der Waals surface area contributed by atoms with Crippen LogP contribution in [0.15, 0.2) is 42.7 Å². The third-order valence-electron chi connectivity index (χ3n) is 6.89. The molecule has 0 aliphatic heterocycles. The largest absolute Gasteiger partial charge is 0.493 e. The lowest BCUT2D eigenvalue weighted by atomic mass is 9.85. The highest BCUT2D eigenvalue weighted by atomic mass is 16.5. The molecule has 2 aromatic carbocycles. The van der Waals surface area contributed by atoms with Crippen molar-refractivity contribution in [2.45, 2.75) is 51.9 Å². The van der Waals surface area contributed by atoms with Gasteiger partial charge in [-0.1, -0.05) is 26.8 Å². The predicted octanol–water partition coefficient (Wildman–Crippen LogP) is 4.09. The van der Waals surface area contributed by atoms with Gasteiger partial charge in [-0.15, -0.1) is 0 Å². The van der Waals surface area contributed by atoms with Crippen molar-refractivity contribution in [1.82, 2.24) is 4.98 Å². The summed E-state index contributed by atoms with van der Waals surface area (Å²) in [5.41, 5.74) is 11.1. The summed E-state index contributed by atoms with van der Waals surface area (Å²) in [6, 6.07) is 11.1. The second-order valence-corrected chi connectivity index (χ2v) is 10.8. The minimum atomic E-state index is -0.351. The molecule has 1 aliphatic rings. The Morgan fingerprint density at radius 3 is 2.61 bits per heavy atom. The smallest absolute Gasteiger partial charge is 0.257 e. The Labute approximate surface area is 223 Å². The number of carbonyl (C=O) groups is 1. The number of nitrogens with one attached hydrogen (secondary N) is 2. The van der Waals surface area contributed by atoms with Crippen LogP contribution in [0.4, 0.5) is 11.4 Å². The Hall–Kier alpha value is -4.29. The van der Waals surface area contributed by atoms with Gasteiger partial charge in [-0.25, -0.2) is 15.4 Å². The van der Waals surface area contributed by atoms with Crippen LogP contribution in [0.25, 0.3) is 5.70 Å². The Kier molecular flexibility index (Phi) is 7.20. The summed E-state index contributed by atoms with van der Waals surface area (Å²) in [5, 5.41) is 14.0. The molecule has 38 heavy (non-hydrogen) atoms. The van der Waals surface area contributed by atoms with Crippen molar-refractivity contribution < 1.29 is 14.1 Å². The van der Waals surface area contributed by atoms with E-state index in [0.717, 1.165) is 22.6 Å². The van der Waals surface area contributed by atoms with Gasteiger partial charge in [0.25, 0.3) is 11.7 Å². The average molecular weight is 515 g/mol. The number of aromatic amines is 1. The van der Waals surface area contributed by atoms with Gasteiger partial charge in [0.1, 0.15) is 18.0 Å². The lowest BCUT2D eigenvalue weighted by Crippen LogP contribution is -2.37. The minimum Gasteiger partial charge on any atom is -0.493 e. The number of nitrogens with zero attached hydrogens (tertiary/aromatic N) is 3. The normalized spacial score (nSPS) is 13.7. The van der Waals surface area contributed by atoms with E-state index >= 15 is 0 Å². The molecule has 9 nitrogen and oxygen atoms in total. The van der Waals surface area contributed by atoms with E-state index in [0.29, 0.717) is 39.9 Å². The van der Waals surface area contributed by atoms with Crippen LogP contribution in [0.3, 0.4) is 0 Å². The Balaban J connectivity index is 1.62. The number of ether oxygens (including phenoxy) is 1. The molecule has 6 N–H and O–H groups in total. The number of rotatable bonds is 7. The van der Waals surface area contributed by atoms with Gasteiger partial charge in [-0.2, -0.15) is 5.26 Å². The minimum absolute atomic E-state index is 0.226. The van der Waals surface area contributed by atoms with E-state index in [-0.39, 0.29) is 11.3 Å². The van der Waals surface area contributed by atoms with Gasteiger partial charge in [0.2, 0.25) is 0 Å². The second kappa shape index (κ2) is 10.2. The number of imidazole rings is 1. The van der Waals surface area contributed by atoms with Crippen molar-refractivity contribution in [2.24, 2.45) is 18.6 Å². The van der Waals surface area contributed by atoms with Gasteiger partial charge in [0.15, 0.2) is 11.4 Å². The van der Waals surface area contributed by atoms with Crippen LogP contribution in [0, 0.1) is 18.3 Å². The number of hydrogen-bond donors (Lipinski definition) is 4. The van der Waals surface area contributed by atoms with Gasteiger partial charge in [-0.3, -0.25) is 9.80 Å². The fourth-order valence-electron chi connectivity index (χ4n) is 4.46. The Bertz CT molecular complexity index is 1450. The first-order chi connectivity index (χ1) is 17.9. The van der Waals surface area contributed by atoms with Gasteiger partial charge >= 0.3 is 0 Å². The van der Waals surface area contributed by atoms with Gasteiger partial charge in [0.05, 0.1) is 37.0 Å². The molecule has 0 bridgehead atoms. The van der Waals surface area contributed by atoms with Crippen molar-refractivity contribution in [3.05, 3.63) is 76.5 Å². The quantitative estimate of drug-likeness (QED) is 0.213. The number of benzene rings is 2. The summed E-state index contributed by atoms with van der Waals surface area (Å²) in [5.74, 6) is 8.08. The number of nitriles is 1. The summed E-state index contributed by atoms with van der Waals surface area (Å²) < 4.78 is 7.54. The lowest BCUT2D eigenvalue weighted by molar-refractivity contribution is -0.680. The molecule has 0 radical (unpaired) electrons.